The fourth-order valence-corrected chi connectivity index (χ4v) is 5.86. The molecule has 42 heavy (non-hydrogen) atoms. The monoisotopic (exact) mass is 588 g/mol. The zero-order valence-corrected chi connectivity index (χ0v) is 23.4. The van der Waals surface area contributed by atoms with Gasteiger partial charge in [0.2, 0.25) is 5.88 Å². The van der Waals surface area contributed by atoms with Crippen molar-refractivity contribution >= 4 is 11.8 Å². The van der Waals surface area contributed by atoms with E-state index in [4.69, 9.17) is 9.47 Å². The zero-order chi connectivity index (χ0) is 30.0. The summed E-state index contributed by atoms with van der Waals surface area (Å²) >= 11 is 0. The number of benzene rings is 1. The Kier molecular flexibility index (Phi) is 8.60. The van der Waals surface area contributed by atoms with Crippen molar-refractivity contribution in [2.75, 3.05) is 7.11 Å². The van der Waals surface area contributed by atoms with Crippen LogP contribution in [0.4, 0.5) is 17.6 Å². The van der Waals surface area contributed by atoms with Crippen molar-refractivity contribution in [3.05, 3.63) is 64.9 Å². The summed E-state index contributed by atoms with van der Waals surface area (Å²) in [4.78, 5) is 31.8. The molecule has 3 aromatic rings. The molecule has 2 fully saturated rings. The molecule has 2 saturated carbocycles. The van der Waals surface area contributed by atoms with Gasteiger partial charge in [0.15, 0.2) is 11.6 Å². The SMILES string of the molecule is COC(=O)c1cc(Oc2ncc(Cn3nccn3)cc2C(F)(F)F)c(F)cc1C(C(=O)[C@H]1CC[C@H](C)CC1)C1CCC1. The van der Waals surface area contributed by atoms with Gasteiger partial charge in [0.1, 0.15) is 11.3 Å². The first-order chi connectivity index (χ1) is 20.0. The second-order valence-electron chi connectivity index (χ2n) is 11.2. The van der Waals surface area contributed by atoms with Gasteiger partial charge in [-0.2, -0.15) is 28.2 Å². The Morgan fingerprint density at radius 3 is 2.33 bits per heavy atom. The lowest BCUT2D eigenvalue weighted by Crippen LogP contribution is -2.34. The van der Waals surface area contributed by atoms with Crippen LogP contribution in [-0.2, 0) is 22.3 Å². The highest BCUT2D eigenvalue weighted by Gasteiger charge is 2.41. The third-order valence-electron chi connectivity index (χ3n) is 8.40. The fraction of sp³-hybridized carbons (Fsp3) is 0.500. The summed E-state index contributed by atoms with van der Waals surface area (Å²) in [7, 11) is 1.15. The van der Waals surface area contributed by atoms with Crippen molar-refractivity contribution < 1.29 is 36.6 Å². The molecule has 2 aliphatic rings. The van der Waals surface area contributed by atoms with Crippen LogP contribution in [0.2, 0.25) is 0 Å². The molecule has 0 aliphatic heterocycles. The second-order valence-corrected chi connectivity index (χ2v) is 11.2. The van der Waals surface area contributed by atoms with E-state index in [-0.39, 0.29) is 40.9 Å². The molecule has 0 N–H and O–H groups in total. The van der Waals surface area contributed by atoms with Crippen molar-refractivity contribution in [1.82, 2.24) is 20.0 Å². The highest BCUT2D eigenvalue weighted by molar-refractivity contribution is 5.96. The van der Waals surface area contributed by atoms with E-state index < -0.39 is 41.1 Å². The van der Waals surface area contributed by atoms with Crippen LogP contribution in [0, 0.1) is 23.6 Å². The van der Waals surface area contributed by atoms with Crippen LogP contribution in [0.1, 0.15) is 84.8 Å². The van der Waals surface area contributed by atoms with Gasteiger partial charge in [-0.05, 0) is 66.8 Å². The maximum Gasteiger partial charge on any atom is 0.421 e. The van der Waals surface area contributed by atoms with E-state index >= 15 is 4.39 Å². The number of carbonyl (C=O) groups is 2. The van der Waals surface area contributed by atoms with E-state index in [0.29, 0.717) is 5.92 Å². The summed E-state index contributed by atoms with van der Waals surface area (Å²) in [5.41, 5.74) is -1.01. The van der Waals surface area contributed by atoms with Gasteiger partial charge in [-0.15, -0.1) is 0 Å². The number of carbonyl (C=O) groups excluding carboxylic acids is 2. The van der Waals surface area contributed by atoms with E-state index in [1.54, 1.807) is 0 Å². The summed E-state index contributed by atoms with van der Waals surface area (Å²) in [6.45, 7) is 2.08. The average Bonchev–Trinajstić information content (AvgIpc) is 3.44. The molecule has 0 radical (unpaired) electrons. The molecule has 2 aliphatic carbocycles. The minimum Gasteiger partial charge on any atom is -0.465 e. The van der Waals surface area contributed by atoms with Gasteiger partial charge >= 0.3 is 12.1 Å². The predicted octanol–water partition coefficient (Wildman–Crippen LogP) is 6.74. The zero-order valence-electron chi connectivity index (χ0n) is 23.4. The molecule has 12 heteroatoms. The van der Waals surface area contributed by atoms with Crippen LogP contribution in [0.5, 0.6) is 11.6 Å². The van der Waals surface area contributed by atoms with Crippen molar-refractivity contribution in [1.29, 1.82) is 0 Å². The van der Waals surface area contributed by atoms with Gasteiger partial charge in [0, 0.05) is 18.0 Å². The lowest BCUT2D eigenvalue weighted by atomic mass is 9.66. The summed E-state index contributed by atoms with van der Waals surface area (Å²) < 4.78 is 68.0. The Balaban J connectivity index is 1.51. The van der Waals surface area contributed by atoms with Crippen LogP contribution < -0.4 is 4.74 Å². The highest BCUT2D eigenvalue weighted by atomic mass is 19.4. The number of methoxy groups -OCH3 is 1. The molecular weight excluding hydrogens is 556 g/mol. The van der Waals surface area contributed by atoms with Crippen LogP contribution >= 0.6 is 0 Å². The number of ether oxygens (including phenoxy) is 2. The van der Waals surface area contributed by atoms with Gasteiger partial charge in [-0.25, -0.2) is 14.2 Å². The number of nitrogens with zero attached hydrogens (tertiary/aromatic N) is 4. The first-order valence-electron chi connectivity index (χ1n) is 14.1. The molecule has 8 nitrogen and oxygen atoms in total. The molecule has 0 spiro atoms. The molecule has 2 aromatic heterocycles. The molecular formula is C30H32F4N4O4. The van der Waals surface area contributed by atoms with Gasteiger partial charge < -0.3 is 9.47 Å². The maximum absolute atomic E-state index is 15.6. The quantitative estimate of drug-likeness (QED) is 0.202. The van der Waals surface area contributed by atoms with E-state index in [9.17, 15) is 22.8 Å². The van der Waals surface area contributed by atoms with Gasteiger partial charge in [-0.3, -0.25) is 4.79 Å². The Hall–Kier alpha value is -3.83. The molecule has 1 unspecified atom stereocenters. The van der Waals surface area contributed by atoms with Crippen molar-refractivity contribution in [3.63, 3.8) is 0 Å². The standard InChI is InChI=1S/C30H32F4N4O4/c1-17-6-8-20(9-7-17)27(39)26(19-4-3-5-19)21-13-24(31)25(14-22(21)29(40)41-2)42-28-23(30(32,33)34)12-18(15-35-28)16-38-36-10-11-37-38/h10-15,17,19-20,26H,3-9,16H2,1-2H3/t17-,20-,26?. The predicted molar refractivity (Wildman–Crippen MR) is 142 cm³/mol. The van der Waals surface area contributed by atoms with E-state index in [1.165, 1.54) is 17.2 Å². The van der Waals surface area contributed by atoms with Gasteiger partial charge in [-0.1, -0.05) is 26.2 Å². The summed E-state index contributed by atoms with van der Waals surface area (Å²) in [6, 6.07) is 2.89. The number of rotatable bonds is 9. The Bertz CT molecular complexity index is 1430. The number of esters is 1. The number of Topliss-reactive ketones (excluding diaryl/α,β-unsaturated/α-hetero) is 1. The number of pyridine rings is 1. The molecule has 1 atom stereocenters. The van der Waals surface area contributed by atoms with E-state index in [2.05, 4.69) is 22.1 Å². The van der Waals surface area contributed by atoms with Gasteiger partial charge in [0.05, 0.1) is 31.6 Å². The first kappa shape index (κ1) is 29.7. The molecule has 2 heterocycles. The van der Waals surface area contributed by atoms with E-state index in [1.807, 2.05) is 0 Å². The number of alkyl halides is 3. The topological polar surface area (TPSA) is 96.2 Å². The normalized spacial score (nSPS) is 20.0. The molecule has 5 rings (SSSR count). The number of halogens is 4. The second kappa shape index (κ2) is 12.2. The Labute approximate surface area is 240 Å². The van der Waals surface area contributed by atoms with Crippen molar-refractivity contribution in [2.45, 2.75) is 70.5 Å². The molecule has 0 bridgehead atoms. The fourth-order valence-electron chi connectivity index (χ4n) is 5.86. The van der Waals surface area contributed by atoms with Crippen LogP contribution in [-0.4, -0.2) is 38.8 Å². The number of hydrogen-bond acceptors (Lipinski definition) is 7. The Morgan fingerprint density at radius 1 is 1.05 bits per heavy atom. The largest absolute Gasteiger partial charge is 0.465 e. The number of ketones is 1. The molecule has 0 saturated heterocycles. The van der Waals surface area contributed by atoms with Crippen molar-refractivity contribution in [2.24, 2.45) is 17.8 Å². The maximum atomic E-state index is 15.6. The first-order valence-corrected chi connectivity index (χ1v) is 14.1. The lowest BCUT2D eigenvalue weighted by Gasteiger charge is -2.37. The number of aromatic nitrogens is 4. The third kappa shape index (κ3) is 6.32. The number of hydrogen-bond donors (Lipinski definition) is 0. The Morgan fingerprint density at radius 2 is 1.74 bits per heavy atom. The van der Waals surface area contributed by atoms with E-state index in [0.717, 1.165) is 76.5 Å². The summed E-state index contributed by atoms with van der Waals surface area (Å²) in [5.74, 6) is -3.81. The lowest BCUT2D eigenvalue weighted by molar-refractivity contribution is -0.139. The van der Waals surface area contributed by atoms with Crippen LogP contribution in [0.25, 0.3) is 0 Å². The molecule has 0 amide bonds. The average molecular weight is 589 g/mol. The minimum atomic E-state index is -4.88. The van der Waals surface area contributed by atoms with Crippen molar-refractivity contribution in [3.8, 4) is 11.6 Å². The smallest absolute Gasteiger partial charge is 0.421 e. The highest BCUT2D eigenvalue weighted by Crippen LogP contribution is 2.46. The summed E-state index contributed by atoms with van der Waals surface area (Å²) in [6.07, 6.45) is 4.81. The van der Waals surface area contributed by atoms with Crippen LogP contribution in [0.15, 0.2) is 36.8 Å². The van der Waals surface area contributed by atoms with Crippen LogP contribution in [0.3, 0.4) is 0 Å². The third-order valence-corrected chi connectivity index (χ3v) is 8.40. The summed E-state index contributed by atoms with van der Waals surface area (Å²) in [5, 5.41) is 7.76. The minimum absolute atomic E-state index is 0.0203. The molecule has 1 aromatic carbocycles. The molecule has 224 valence electrons. The van der Waals surface area contributed by atoms with Gasteiger partial charge in [0.25, 0.3) is 0 Å².